The maximum Gasteiger partial charge on any atom is 0.262 e. The van der Waals surface area contributed by atoms with Gasteiger partial charge in [0.1, 0.15) is 0 Å². The van der Waals surface area contributed by atoms with Gasteiger partial charge in [0.25, 0.3) is 5.91 Å². The van der Waals surface area contributed by atoms with E-state index in [0.29, 0.717) is 23.1 Å². The summed E-state index contributed by atoms with van der Waals surface area (Å²) in [4.78, 5) is 12.1. The van der Waals surface area contributed by atoms with Crippen LogP contribution >= 0.6 is 11.6 Å². The number of rotatable bonds is 7. The van der Waals surface area contributed by atoms with E-state index in [1.54, 1.807) is 7.11 Å². The molecular formula is C21H27ClN2O3. The van der Waals surface area contributed by atoms with Crippen LogP contribution in [0.1, 0.15) is 31.9 Å². The van der Waals surface area contributed by atoms with Gasteiger partial charge in [-0.2, -0.15) is 0 Å². The van der Waals surface area contributed by atoms with Crippen molar-refractivity contribution in [3.63, 3.8) is 0 Å². The zero-order chi connectivity index (χ0) is 20.0. The van der Waals surface area contributed by atoms with Crippen LogP contribution < -0.4 is 20.1 Å². The smallest absolute Gasteiger partial charge is 0.262 e. The molecule has 0 aromatic heterocycles. The fourth-order valence-corrected chi connectivity index (χ4v) is 2.64. The Kier molecular flexibility index (Phi) is 7.11. The molecule has 0 bridgehead atoms. The molecule has 5 nitrogen and oxygen atoms in total. The van der Waals surface area contributed by atoms with E-state index < -0.39 is 0 Å². The molecule has 0 atom stereocenters. The minimum atomic E-state index is -0.268. The third-order valence-electron chi connectivity index (χ3n) is 3.79. The number of hydrogen-bond donors (Lipinski definition) is 2. The lowest BCUT2D eigenvalue weighted by Crippen LogP contribution is -2.35. The zero-order valence-corrected chi connectivity index (χ0v) is 17.2. The van der Waals surface area contributed by atoms with Crippen LogP contribution in [0.15, 0.2) is 36.4 Å². The van der Waals surface area contributed by atoms with Crippen LogP contribution in [-0.4, -0.2) is 25.2 Å². The van der Waals surface area contributed by atoms with E-state index in [2.05, 4.69) is 31.4 Å². The molecule has 0 heterocycles. The summed E-state index contributed by atoms with van der Waals surface area (Å²) in [6.07, 6.45) is 0. The highest BCUT2D eigenvalue weighted by Gasteiger charge is 2.15. The number of carbonyl (C=O) groups is 1. The molecule has 0 aliphatic heterocycles. The number of hydrogen-bond acceptors (Lipinski definition) is 4. The molecule has 146 valence electrons. The predicted molar refractivity (Wildman–Crippen MR) is 110 cm³/mol. The molecule has 0 spiro atoms. The molecular weight excluding hydrogens is 364 g/mol. The van der Waals surface area contributed by atoms with Gasteiger partial charge in [0.15, 0.2) is 18.1 Å². The number of methoxy groups -OCH3 is 1. The molecule has 0 unspecified atom stereocenters. The highest BCUT2D eigenvalue weighted by molar-refractivity contribution is 6.32. The van der Waals surface area contributed by atoms with E-state index in [1.807, 2.05) is 43.3 Å². The molecule has 2 rings (SSSR count). The number of amides is 1. The van der Waals surface area contributed by atoms with Crippen molar-refractivity contribution >= 4 is 23.2 Å². The molecule has 2 aromatic rings. The Morgan fingerprint density at radius 2 is 1.81 bits per heavy atom. The Hall–Kier alpha value is -2.24. The second-order valence-electron chi connectivity index (χ2n) is 7.42. The van der Waals surface area contributed by atoms with Crippen molar-refractivity contribution in [2.75, 3.05) is 19.0 Å². The predicted octanol–water partition coefficient (Wildman–Crippen LogP) is 4.56. The van der Waals surface area contributed by atoms with Crippen molar-refractivity contribution in [3.8, 4) is 11.5 Å². The zero-order valence-electron chi connectivity index (χ0n) is 16.5. The number of carbonyl (C=O) groups excluding carboxylic acids is 1. The maximum atomic E-state index is 12.1. The normalized spacial score (nSPS) is 11.2. The first kappa shape index (κ1) is 21.1. The van der Waals surface area contributed by atoms with E-state index in [9.17, 15) is 4.79 Å². The van der Waals surface area contributed by atoms with Crippen LogP contribution in [0.5, 0.6) is 11.5 Å². The van der Waals surface area contributed by atoms with E-state index in [4.69, 9.17) is 21.1 Å². The summed E-state index contributed by atoms with van der Waals surface area (Å²) in [5, 5.41) is 6.59. The van der Waals surface area contributed by atoms with Crippen molar-refractivity contribution in [2.45, 2.75) is 39.8 Å². The lowest BCUT2D eigenvalue weighted by molar-refractivity contribution is -0.118. The van der Waals surface area contributed by atoms with E-state index in [1.165, 1.54) is 0 Å². The summed E-state index contributed by atoms with van der Waals surface area (Å²) in [5.74, 6) is 0.588. The van der Waals surface area contributed by atoms with Crippen LogP contribution in [-0.2, 0) is 11.3 Å². The minimum Gasteiger partial charge on any atom is -0.493 e. The molecule has 2 N–H and O–H groups in total. The van der Waals surface area contributed by atoms with Gasteiger partial charge < -0.3 is 20.1 Å². The van der Waals surface area contributed by atoms with Gasteiger partial charge in [0.2, 0.25) is 0 Å². The van der Waals surface area contributed by atoms with Crippen LogP contribution in [0.2, 0.25) is 5.02 Å². The van der Waals surface area contributed by atoms with Gasteiger partial charge in [0, 0.05) is 17.8 Å². The molecule has 0 saturated heterocycles. The molecule has 6 heteroatoms. The van der Waals surface area contributed by atoms with E-state index in [0.717, 1.165) is 16.8 Å². The summed E-state index contributed by atoms with van der Waals surface area (Å²) < 4.78 is 11.0. The number of ether oxygens (including phenoxy) is 2. The third kappa shape index (κ3) is 6.77. The minimum absolute atomic E-state index is 0.0110. The first-order valence-electron chi connectivity index (χ1n) is 8.79. The van der Waals surface area contributed by atoms with Gasteiger partial charge >= 0.3 is 0 Å². The van der Waals surface area contributed by atoms with Crippen LogP contribution in [0.3, 0.4) is 0 Å². The number of anilines is 1. The first-order chi connectivity index (χ1) is 12.7. The third-order valence-corrected chi connectivity index (χ3v) is 4.08. The fraction of sp³-hybridized carbons (Fsp3) is 0.381. The Morgan fingerprint density at radius 1 is 1.15 bits per heavy atom. The average molecular weight is 391 g/mol. The molecule has 2 aromatic carbocycles. The topological polar surface area (TPSA) is 59.6 Å². The van der Waals surface area contributed by atoms with E-state index >= 15 is 0 Å². The number of halogens is 1. The summed E-state index contributed by atoms with van der Waals surface area (Å²) in [6.45, 7) is 8.75. The molecule has 0 aliphatic carbocycles. The van der Waals surface area contributed by atoms with Gasteiger partial charge in [-0.05, 0) is 57.5 Å². The van der Waals surface area contributed by atoms with Gasteiger partial charge in [-0.25, -0.2) is 0 Å². The van der Waals surface area contributed by atoms with E-state index in [-0.39, 0.29) is 18.1 Å². The lowest BCUT2D eigenvalue weighted by Gasteiger charge is -2.21. The lowest BCUT2D eigenvalue weighted by atomic mass is 10.1. The van der Waals surface area contributed by atoms with Gasteiger partial charge in [-0.1, -0.05) is 29.3 Å². The molecule has 0 fully saturated rings. The number of benzene rings is 2. The average Bonchev–Trinajstić information content (AvgIpc) is 2.60. The quantitative estimate of drug-likeness (QED) is 0.727. The summed E-state index contributed by atoms with van der Waals surface area (Å²) in [5.41, 5.74) is 2.81. The Labute approximate surface area is 166 Å². The second kappa shape index (κ2) is 9.11. The maximum absolute atomic E-state index is 12.1. The van der Waals surface area contributed by atoms with Crippen LogP contribution in [0, 0.1) is 6.92 Å². The fourth-order valence-electron chi connectivity index (χ4n) is 2.35. The molecule has 0 aliphatic rings. The highest BCUT2D eigenvalue weighted by Crippen LogP contribution is 2.36. The first-order valence-corrected chi connectivity index (χ1v) is 9.16. The number of nitrogens with one attached hydrogen (secondary N) is 2. The molecule has 27 heavy (non-hydrogen) atoms. The summed E-state index contributed by atoms with van der Waals surface area (Å²) >= 11 is 6.36. The van der Waals surface area contributed by atoms with Crippen molar-refractivity contribution in [1.82, 2.24) is 5.32 Å². The van der Waals surface area contributed by atoms with Gasteiger partial charge in [-0.3, -0.25) is 4.79 Å². The Morgan fingerprint density at radius 3 is 2.41 bits per heavy atom. The van der Waals surface area contributed by atoms with Crippen LogP contribution in [0.4, 0.5) is 5.69 Å². The van der Waals surface area contributed by atoms with Gasteiger partial charge in [0.05, 0.1) is 12.1 Å². The SMILES string of the molecule is COc1cc(CNC(C)(C)C)cc(Cl)c1OCC(=O)Nc1ccc(C)cc1. The Bertz CT molecular complexity index is 783. The molecule has 1 amide bonds. The van der Waals surface area contributed by atoms with Crippen LogP contribution in [0.25, 0.3) is 0 Å². The standard InChI is InChI=1S/C21H27ClN2O3/c1-14-6-8-16(9-7-14)24-19(25)13-27-20-17(22)10-15(11-18(20)26-5)12-23-21(2,3)4/h6-11,23H,12-13H2,1-5H3,(H,24,25). The number of aryl methyl sites for hydroxylation is 1. The van der Waals surface area contributed by atoms with Crippen molar-refractivity contribution in [1.29, 1.82) is 0 Å². The molecule has 0 radical (unpaired) electrons. The summed E-state index contributed by atoms with van der Waals surface area (Å²) in [7, 11) is 1.55. The second-order valence-corrected chi connectivity index (χ2v) is 7.82. The Balaban J connectivity index is 2.02. The van der Waals surface area contributed by atoms with Gasteiger partial charge in [-0.15, -0.1) is 0 Å². The van der Waals surface area contributed by atoms with Crippen molar-refractivity contribution in [3.05, 3.63) is 52.5 Å². The summed E-state index contributed by atoms with van der Waals surface area (Å²) in [6, 6.07) is 11.2. The largest absolute Gasteiger partial charge is 0.493 e. The van der Waals surface area contributed by atoms with Crippen molar-refractivity contribution < 1.29 is 14.3 Å². The monoisotopic (exact) mass is 390 g/mol. The molecule has 0 saturated carbocycles. The van der Waals surface area contributed by atoms with Crippen molar-refractivity contribution in [2.24, 2.45) is 0 Å². The highest BCUT2D eigenvalue weighted by atomic mass is 35.5.